The van der Waals surface area contributed by atoms with E-state index in [-0.39, 0.29) is 10.7 Å². The first-order valence-corrected chi connectivity index (χ1v) is 14.2. The standard InChI is InChI=1S/C30H33ClN4O3S/c1-2-3-4-5-6-7-8-9-18-38-25-16-10-21(11-17-25)27-22(19-26-28(36)32-30(39)33-29(26)37)20-35(34-27)24-14-12-23(31)13-15-24/h10-17,19-20H,2-9,18H2,1H3,(H2,32,33,36,37,39). The van der Waals surface area contributed by atoms with Crippen molar-refractivity contribution in [3.63, 3.8) is 0 Å². The lowest BCUT2D eigenvalue weighted by molar-refractivity contribution is -0.123. The number of carbonyl (C=O) groups excluding carboxylic acids is 2. The zero-order valence-corrected chi connectivity index (χ0v) is 23.6. The molecule has 0 unspecified atom stereocenters. The van der Waals surface area contributed by atoms with Gasteiger partial charge in [-0.3, -0.25) is 20.2 Å². The molecule has 0 saturated carbocycles. The first-order chi connectivity index (χ1) is 18.9. The Balaban J connectivity index is 1.48. The van der Waals surface area contributed by atoms with Crippen molar-refractivity contribution in [2.24, 2.45) is 0 Å². The first kappa shape index (κ1) is 28.5. The van der Waals surface area contributed by atoms with Gasteiger partial charge in [0, 0.05) is 22.3 Å². The number of benzene rings is 2. The largest absolute Gasteiger partial charge is 0.494 e. The van der Waals surface area contributed by atoms with E-state index in [4.69, 9.17) is 33.7 Å². The summed E-state index contributed by atoms with van der Waals surface area (Å²) in [6, 6.07) is 14.9. The quantitative estimate of drug-likeness (QED) is 0.105. The lowest BCUT2D eigenvalue weighted by Crippen LogP contribution is -2.51. The number of ether oxygens (including phenoxy) is 1. The van der Waals surface area contributed by atoms with Gasteiger partial charge in [-0.1, -0.05) is 63.5 Å². The highest BCUT2D eigenvalue weighted by atomic mass is 35.5. The number of nitrogens with one attached hydrogen (secondary N) is 2. The van der Waals surface area contributed by atoms with Crippen LogP contribution >= 0.6 is 23.8 Å². The van der Waals surface area contributed by atoms with Crippen molar-refractivity contribution < 1.29 is 14.3 Å². The van der Waals surface area contributed by atoms with E-state index in [2.05, 4.69) is 17.6 Å². The third-order valence-corrected chi connectivity index (χ3v) is 6.93. The van der Waals surface area contributed by atoms with Crippen molar-refractivity contribution in [3.8, 4) is 22.7 Å². The van der Waals surface area contributed by atoms with Crippen LogP contribution in [0.2, 0.25) is 5.02 Å². The molecular weight excluding hydrogens is 532 g/mol. The molecular formula is C30H33ClN4O3S. The molecule has 1 aromatic heterocycles. The Kier molecular flexibility index (Phi) is 10.3. The molecule has 4 rings (SSSR count). The van der Waals surface area contributed by atoms with Gasteiger partial charge in [0.2, 0.25) is 0 Å². The van der Waals surface area contributed by atoms with Crippen LogP contribution < -0.4 is 15.4 Å². The van der Waals surface area contributed by atoms with Gasteiger partial charge < -0.3 is 4.74 Å². The minimum Gasteiger partial charge on any atom is -0.494 e. The molecule has 1 saturated heterocycles. The zero-order chi connectivity index (χ0) is 27.6. The van der Waals surface area contributed by atoms with Gasteiger partial charge in [0.1, 0.15) is 11.3 Å². The van der Waals surface area contributed by atoms with Crippen LogP contribution in [-0.2, 0) is 9.59 Å². The summed E-state index contributed by atoms with van der Waals surface area (Å²) in [5.74, 6) is -0.324. The van der Waals surface area contributed by atoms with Crippen molar-refractivity contribution >= 4 is 46.8 Å². The molecule has 3 aromatic rings. The maximum atomic E-state index is 12.5. The number of rotatable bonds is 13. The van der Waals surface area contributed by atoms with Crippen LogP contribution in [0.25, 0.3) is 23.0 Å². The maximum Gasteiger partial charge on any atom is 0.263 e. The van der Waals surface area contributed by atoms with Crippen molar-refractivity contribution in [3.05, 3.63) is 70.9 Å². The third-order valence-electron chi connectivity index (χ3n) is 6.47. The van der Waals surface area contributed by atoms with Gasteiger partial charge in [-0.05, 0) is 73.2 Å². The Morgan fingerprint density at radius 3 is 2.15 bits per heavy atom. The average Bonchev–Trinajstić information content (AvgIpc) is 3.34. The summed E-state index contributed by atoms with van der Waals surface area (Å²) in [6.07, 6.45) is 13.3. The summed E-state index contributed by atoms with van der Waals surface area (Å²) >= 11 is 11.0. The molecule has 204 valence electrons. The SMILES string of the molecule is CCCCCCCCCCOc1ccc(-c2nn(-c3ccc(Cl)cc3)cc2C=C2C(=O)NC(=S)NC2=O)cc1. The smallest absolute Gasteiger partial charge is 0.263 e. The van der Waals surface area contributed by atoms with Gasteiger partial charge in [-0.15, -0.1) is 0 Å². The highest BCUT2D eigenvalue weighted by Gasteiger charge is 2.26. The molecule has 0 bridgehead atoms. The number of nitrogens with zero attached hydrogens (tertiary/aromatic N) is 2. The molecule has 0 radical (unpaired) electrons. The Bertz CT molecular complexity index is 1310. The van der Waals surface area contributed by atoms with E-state index in [0.29, 0.717) is 22.9 Å². The summed E-state index contributed by atoms with van der Waals surface area (Å²) in [4.78, 5) is 24.9. The number of carbonyl (C=O) groups is 2. The first-order valence-electron chi connectivity index (χ1n) is 13.4. The monoisotopic (exact) mass is 564 g/mol. The number of hydrogen-bond acceptors (Lipinski definition) is 5. The van der Waals surface area contributed by atoms with Crippen LogP contribution in [-0.4, -0.2) is 33.3 Å². The summed E-state index contributed by atoms with van der Waals surface area (Å²) in [5, 5.41) is 10.3. The number of amides is 2. The fraction of sp³-hybridized carbons (Fsp3) is 0.333. The van der Waals surface area contributed by atoms with E-state index in [1.54, 1.807) is 23.0 Å². The Morgan fingerprint density at radius 1 is 0.897 bits per heavy atom. The topological polar surface area (TPSA) is 85.2 Å². The minimum absolute atomic E-state index is 0.0122. The Hall–Kier alpha value is -3.49. The highest BCUT2D eigenvalue weighted by molar-refractivity contribution is 7.80. The van der Waals surface area contributed by atoms with Crippen molar-refractivity contribution in [1.29, 1.82) is 0 Å². The van der Waals surface area contributed by atoms with Crippen LogP contribution in [0.1, 0.15) is 63.9 Å². The lowest BCUT2D eigenvalue weighted by Gasteiger charge is -2.16. The molecule has 1 fully saturated rings. The number of aromatic nitrogens is 2. The molecule has 2 N–H and O–H groups in total. The van der Waals surface area contributed by atoms with E-state index in [9.17, 15) is 9.59 Å². The van der Waals surface area contributed by atoms with E-state index in [1.807, 2.05) is 36.4 Å². The predicted molar refractivity (Wildman–Crippen MR) is 159 cm³/mol. The van der Waals surface area contributed by atoms with E-state index < -0.39 is 11.8 Å². The van der Waals surface area contributed by atoms with Crippen LogP contribution in [0.3, 0.4) is 0 Å². The van der Waals surface area contributed by atoms with Crippen LogP contribution in [0.15, 0.2) is 60.3 Å². The molecule has 2 amide bonds. The molecule has 0 aliphatic carbocycles. The number of unbranched alkanes of at least 4 members (excludes halogenated alkanes) is 7. The van der Waals surface area contributed by atoms with E-state index >= 15 is 0 Å². The molecule has 1 aliphatic rings. The molecule has 2 heterocycles. The molecule has 9 heteroatoms. The Morgan fingerprint density at radius 2 is 1.51 bits per heavy atom. The summed E-state index contributed by atoms with van der Waals surface area (Å²) < 4.78 is 7.64. The van der Waals surface area contributed by atoms with Gasteiger partial charge in [0.15, 0.2) is 5.11 Å². The van der Waals surface area contributed by atoms with E-state index in [1.165, 1.54) is 51.0 Å². The molecule has 2 aromatic carbocycles. The normalized spacial score (nSPS) is 13.3. The van der Waals surface area contributed by atoms with Crippen molar-refractivity contribution in [2.75, 3.05) is 6.61 Å². The van der Waals surface area contributed by atoms with Crippen LogP contribution in [0, 0.1) is 0 Å². The number of thiocarbonyl (C=S) groups is 1. The van der Waals surface area contributed by atoms with Gasteiger partial charge in [0.25, 0.3) is 11.8 Å². The van der Waals surface area contributed by atoms with Gasteiger partial charge >= 0.3 is 0 Å². The lowest BCUT2D eigenvalue weighted by atomic mass is 10.0. The molecule has 7 nitrogen and oxygen atoms in total. The highest BCUT2D eigenvalue weighted by Crippen LogP contribution is 2.28. The van der Waals surface area contributed by atoms with Crippen molar-refractivity contribution in [1.82, 2.24) is 20.4 Å². The summed E-state index contributed by atoms with van der Waals surface area (Å²) in [5.41, 5.74) is 2.77. The van der Waals surface area contributed by atoms with Gasteiger partial charge in [-0.2, -0.15) is 5.10 Å². The molecule has 1 aliphatic heterocycles. The van der Waals surface area contributed by atoms with Crippen LogP contribution in [0.5, 0.6) is 5.75 Å². The fourth-order valence-corrected chi connectivity index (χ4v) is 4.65. The predicted octanol–water partition coefficient (Wildman–Crippen LogP) is 6.63. The minimum atomic E-state index is -0.557. The number of hydrogen-bond donors (Lipinski definition) is 2. The third kappa shape index (κ3) is 8.00. The van der Waals surface area contributed by atoms with Gasteiger partial charge in [-0.25, -0.2) is 4.68 Å². The molecule has 0 spiro atoms. The maximum absolute atomic E-state index is 12.5. The number of halogens is 1. The van der Waals surface area contributed by atoms with Gasteiger partial charge in [0.05, 0.1) is 18.0 Å². The second kappa shape index (κ2) is 14.1. The summed E-state index contributed by atoms with van der Waals surface area (Å²) in [7, 11) is 0. The Labute approximate surface area is 239 Å². The average molecular weight is 565 g/mol. The molecule has 0 atom stereocenters. The van der Waals surface area contributed by atoms with Crippen LogP contribution in [0.4, 0.5) is 0 Å². The zero-order valence-electron chi connectivity index (χ0n) is 22.0. The second-order valence-corrected chi connectivity index (χ2v) is 10.3. The fourth-order valence-electron chi connectivity index (χ4n) is 4.34. The summed E-state index contributed by atoms with van der Waals surface area (Å²) in [6.45, 7) is 2.92. The second-order valence-electron chi connectivity index (χ2n) is 9.50. The van der Waals surface area contributed by atoms with Crippen molar-refractivity contribution in [2.45, 2.75) is 58.3 Å². The van der Waals surface area contributed by atoms with E-state index in [0.717, 1.165) is 23.4 Å². The molecule has 39 heavy (non-hydrogen) atoms.